The monoisotopic (exact) mass is 218 g/mol. The van der Waals surface area contributed by atoms with Gasteiger partial charge in [-0.3, -0.25) is 4.68 Å². The summed E-state index contributed by atoms with van der Waals surface area (Å²) in [5, 5.41) is 4.12. The van der Waals surface area contributed by atoms with Crippen LogP contribution in [0, 0.1) is 0 Å². The van der Waals surface area contributed by atoms with Gasteiger partial charge in [0.25, 0.3) is 0 Å². The van der Waals surface area contributed by atoms with E-state index < -0.39 is 0 Å². The zero-order valence-electron chi connectivity index (χ0n) is 6.67. The lowest BCUT2D eigenvalue weighted by Crippen LogP contribution is -1.98. The van der Waals surface area contributed by atoms with Gasteiger partial charge in [0.1, 0.15) is 4.60 Å². The Bertz CT molecular complexity index is 234. The van der Waals surface area contributed by atoms with E-state index in [4.69, 9.17) is 4.74 Å². The van der Waals surface area contributed by atoms with Crippen molar-refractivity contribution in [2.24, 2.45) is 0 Å². The Morgan fingerprint density at radius 1 is 1.73 bits per heavy atom. The molecular formula is C7H11BrN2O. The third kappa shape index (κ3) is 1.74. The molecule has 3 nitrogen and oxygen atoms in total. The fourth-order valence-electron chi connectivity index (χ4n) is 0.858. The molecule has 1 heterocycles. The van der Waals surface area contributed by atoms with E-state index in [0.717, 1.165) is 23.3 Å². The second kappa shape index (κ2) is 3.76. The van der Waals surface area contributed by atoms with Crippen LogP contribution in [0.25, 0.3) is 0 Å². The second-order valence-electron chi connectivity index (χ2n) is 2.23. The van der Waals surface area contributed by atoms with Crippen LogP contribution in [0.5, 0.6) is 5.75 Å². The number of rotatable bonds is 3. The highest BCUT2D eigenvalue weighted by molar-refractivity contribution is 9.10. The molecule has 0 aliphatic heterocycles. The van der Waals surface area contributed by atoms with Gasteiger partial charge in [0.2, 0.25) is 0 Å². The summed E-state index contributed by atoms with van der Waals surface area (Å²) in [4.78, 5) is 0. The number of hydrogen-bond acceptors (Lipinski definition) is 2. The highest BCUT2D eigenvalue weighted by Crippen LogP contribution is 2.23. The summed E-state index contributed by atoms with van der Waals surface area (Å²) in [7, 11) is 1.64. The number of nitrogens with zero attached hydrogens (tertiary/aromatic N) is 2. The van der Waals surface area contributed by atoms with Crippen molar-refractivity contribution in [1.82, 2.24) is 9.78 Å². The molecule has 4 heteroatoms. The predicted molar refractivity (Wildman–Crippen MR) is 46.8 cm³/mol. The zero-order valence-corrected chi connectivity index (χ0v) is 8.26. The largest absolute Gasteiger partial charge is 0.492 e. The molecule has 1 rings (SSSR count). The van der Waals surface area contributed by atoms with E-state index in [1.165, 1.54) is 0 Å². The Labute approximate surface area is 74.5 Å². The van der Waals surface area contributed by atoms with Crippen LogP contribution in [-0.2, 0) is 6.54 Å². The molecule has 0 unspecified atom stereocenters. The topological polar surface area (TPSA) is 27.1 Å². The molecule has 0 atom stereocenters. The van der Waals surface area contributed by atoms with Gasteiger partial charge in [0, 0.05) is 6.54 Å². The summed E-state index contributed by atoms with van der Waals surface area (Å²) in [5.74, 6) is 0.790. The molecule has 0 aliphatic carbocycles. The van der Waals surface area contributed by atoms with Crippen LogP contribution in [-0.4, -0.2) is 16.9 Å². The third-order valence-corrected chi connectivity index (χ3v) is 2.20. The fourth-order valence-corrected chi connectivity index (χ4v) is 1.39. The summed E-state index contributed by atoms with van der Waals surface area (Å²) in [5.41, 5.74) is 0. The van der Waals surface area contributed by atoms with Crippen LogP contribution in [0.4, 0.5) is 0 Å². The summed E-state index contributed by atoms with van der Waals surface area (Å²) >= 11 is 3.39. The molecule has 0 radical (unpaired) electrons. The zero-order chi connectivity index (χ0) is 8.27. The van der Waals surface area contributed by atoms with E-state index in [-0.39, 0.29) is 0 Å². The van der Waals surface area contributed by atoms with Crippen molar-refractivity contribution >= 4 is 15.9 Å². The molecule has 0 N–H and O–H groups in total. The molecule has 0 aliphatic rings. The number of aryl methyl sites for hydroxylation is 1. The summed E-state index contributed by atoms with van der Waals surface area (Å²) in [6.07, 6.45) is 2.78. The second-order valence-corrected chi connectivity index (χ2v) is 2.98. The van der Waals surface area contributed by atoms with E-state index >= 15 is 0 Å². The Balaban J connectivity index is 2.82. The smallest absolute Gasteiger partial charge is 0.171 e. The van der Waals surface area contributed by atoms with Crippen LogP contribution in [0.2, 0.25) is 0 Å². The molecule has 62 valence electrons. The van der Waals surface area contributed by atoms with Gasteiger partial charge in [-0.2, -0.15) is 5.10 Å². The molecule has 1 aromatic rings. The van der Waals surface area contributed by atoms with Gasteiger partial charge >= 0.3 is 0 Å². The Morgan fingerprint density at radius 2 is 2.45 bits per heavy atom. The van der Waals surface area contributed by atoms with Crippen LogP contribution in [0.3, 0.4) is 0 Å². The van der Waals surface area contributed by atoms with Crippen molar-refractivity contribution in [3.63, 3.8) is 0 Å². The van der Waals surface area contributed by atoms with E-state index in [0.29, 0.717) is 0 Å². The SMILES string of the molecule is CCCn1ncc(OC)c1Br. The third-order valence-electron chi connectivity index (χ3n) is 1.40. The number of methoxy groups -OCH3 is 1. The van der Waals surface area contributed by atoms with E-state index in [1.807, 2.05) is 4.68 Å². The van der Waals surface area contributed by atoms with Crippen molar-refractivity contribution in [2.45, 2.75) is 19.9 Å². The van der Waals surface area contributed by atoms with Crippen LogP contribution >= 0.6 is 15.9 Å². The average molecular weight is 219 g/mol. The maximum absolute atomic E-state index is 5.04. The molecular weight excluding hydrogens is 208 g/mol. The minimum absolute atomic E-state index is 0.790. The molecule has 0 fully saturated rings. The first kappa shape index (κ1) is 8.59. The van der Waals surface area contributed by atoms with Gasteiger partial charge in [0.05, 0.1) is 13.3 Å². The first-order valence-electron chi connectivity index (χ1n) is 3.55. The lowest BCUT2D eigenvalue weighted by atomic mass is 10.5. The van der Waals surface area contributed by atoms with Crippen molar-refractivity contribution in [3.05, 3.63) is 10.8 Å². The Morgan fingerprint density at radius 3 is 2.91 bits per heavy atom. The summed E-state index contributed by atoms with van der Waals surface area (Å²) in [6.45, 7) is 3.03. The van der Waals surface area contributed by atoms with Crippen LogP contribution in [0.1, 0.15) is 13.3 Å². The van der Waals surface area contributed by atoms with Crippen LogP contribution in [0.15, 0.2) is 10.8 Å². The predicted octanol–water partition coefficient (Wildman–Crippen LogP) is 2.06. The van der Waals surface area contributed by atoms with Crippen molar-refractivity contribution in [1.29, 1.82) is 0 Å². The first-order valence-corrected chi connectivity index (χ1v) is 4.34. The highest BCUT2D eigenvalue weighted by atomic mass is 79.9. The van der Waals surface area contributed by atoms with Gasteiger partial charge in [-0.05, 0) is 22.4 Å². The van der Waals surface area contributed by atoms with Crippen molar-refractivity contribution in [3.8, 4) is 5.75 Å². The number of ether oxygens (including phenoxy) is 1. The highest BCUT2D eigenvalue weighted by Gasteiger charge is 2.05. The first-order chi connectivity index (χ1) is 5.29. The molecule has 1 aromatic heterocycles. The molecule has 11 heavy (non-hydrogen) atoms. The maximum atomic E-state index is 5.04. The molecule has 0 saturated carbocycles. The number of hydrogen-bond donors (Lipinski definition) is 0. The minimum atomic E-state index is 0.790. The summed E-state index contributed by atoms with van der Waals surface area (Å²) in [6, 6.07) is 0. The molecule has 0 bridgehead atoms. The minimum Gasteiger partial charge on any atom is -0.492 e. The van der Waals surface area contributed by atoms with E-state index in [2.05, 4.69) is 28.0 Å². The van der Waals surface area contributed by atoms with Gasteiger partial charge < -0.3 is 4.74 Å². The molecule has 0 saturated heterocycles. The normalized spacial score (nSPS) is 10.1. The summed E-state index contributed by atoms with van der Waals surface area (Å²) < 4.78 is 7.83. The number of halogens is 1. The Hall–Kier alpha value is -0.510. The molecule has 0 spiro atoms. The fraction of sp³-hybridized carbons (Fsp3) is 0.571. The lowest BCUT2D eigenvalue weighted by molar-refractivity contribution is 0.410. The Kier molecular flexibility index (Phi) is 2.93. The number of aromatic nitrogens is 2. The average Bonchev–Trinajstić information content (AvgIpc) is 2.34. The molecule has 0 amide bonds. The van der Waals surface area contributed by atoms with Gasteiger partial charge in [-0.15, -0.1) is 0 Å². The van der Waals surface area contributed by atoms with Gasteiger partial charge in [-0.25, -0.2) is 0 Å². The van der Waals surface area contributed by atoms with Crippen LogP contribution < -0.4 is 4.74 Å². The van der Waals surface area contributed by atoms with Crippen molar-refractivity contribution in [2.75, 3.05) is 7.11 Å². The van der Waals surface area contributed by atoms with Crippen molar-refractivity contribution < 1.29 is 4.74 Å². The maximum Gasteiger partial charge on any atom is 0.171 e. The standard InChI is InChI=1S/C7H11BrN2O/c1-3-4-10-7(8)6(11-2)5-9-10/h5H,3-4H2,1-2H3. The van der Waals surface area contributed by atoms with E-state index in [1.54, 1.807) is 13.3 Å². The van der Waals surface area contributed by atoms with Gasteiger partial charge in [0.15, 0.2) is 5.75 Å². The van der Waals surface area contributed by atoms with Gasteiger partial charge in [-0.1, -0.05) is 6.92 Å². The lowest BCUT2D eigenvalue weighted by Gasteiger charge is -1.99. The molecule has 0 aromatic carbocycles. The van der Waals surface area contributed by atoms with E-state index in [9.17, 15) is 0 Å². The quantitative estimate of drug-likeness (QED) is 0.777.